The first-order valence-electron chi connectivity index (χ1n) is 8.32. The lowest BCUT2D eigenvalue weighted by Crippen LogP contribution is -2.47. The van der Waals surface area contributed by atoms with Gasteiger partial charge >= 0.3 is 0 Å². The molecule has 1 heterocycles. The van der Waals surface area contributed by atoms with Crippen molar-refractivity contribution in [3.05, 3.63) is 18.2 Å². The van der Waals surface area contributed by atoms with Crippen molar-refractivity contribution in [2.75, 3.05) is 32.7 Å². The molecule has 25 heavy (non-hydrogen) atoms. The van der Waals surface area contributed by atoms with Gasteiger partial charge in [0.1, 0.15) is 5.41 Å². The van der Waals surface area contributed by atoms with Crippen LogP contribution in [0.15, 0.2) is 18.2 Å². The SMILES string of the molecule is COc1ccc(NC(=O)C(C)(C)C(=O)NCC2CCCO2)cc1OC. The third-order valence-electron chi connectivity index (χ3n) is 4.29. The van der Waals surface area contributed by atoms with E-state index in [1.807, 2.05) is 0 Å². The molecule has 2 N–H and O–H groups in total. The minimum Gasteiger partial charge on any atom is -0.493 e. The van der Waals surface area contributed by atoms with Gasteiger partial charge in [0.05, 0.1) is 20.3 Å². The molecule has 0 radical (unpaired) electrons. The second kappa shape index (κ2) is 8.20. The lowest BCUT2D eigenvalue weighted by molar-refractivity contribution is -0.138. The summed E-state index contributed by atoms with van der Waals surface area (Å²) in [4.78, 5) is 25.0. The highest BCUT2D eigenvalue weighted by Crippen LogP contribution is 2.30. The molecular formula is C18H26N2O5. The summed E-state index contributed by atoms with van der Waals surface area (Å²) in [5.41, 5.74) is -0.686. The van der Waals surface area contributed by atoms with Crippen molar-refractivity contribution in [1.82, 2.24) is 5.32 Å². The smallest absolute Gasteiger partial charge is 0.239 e. The first kappa shape index (κ1) is 19.1. The van der Waals surface area contributed by atoms with Crippen LogP contribution in [-0.2, 0) is 14.3 Å². The van der Waals surface area contributed by atoms with E-state index in [4.69, 9.17) is 14.2 Å². The molecule has 138 valence electrons. The summed E-state index contributed by atoms with van der Waals surface area (Å²) in [7, 11) is 3.06. The third-order valence-corrected chi connectivity index (χ3v) is 4.29. The Kier molecular flexibility index (Phi) is 6.25. The predicted molar refractivity (Wildman–Crippen MR) is 93.9 cm³/mol. The molecule has 0 saturated carbocycles. The molecule has 2 rings (SSSR count). The fourth-order valence-electron chi connectivity index (χ4n) is 2.54. The summed E-state index contributed by atoms with van der Waals surface area (Å²) < 4.78 is 15.9. The van der Waals surface area contributed by atoms with Crippen LogP contribution in [0.5, 0.6) is 11.5 Å². The molecule has 7 heteroatoms. The van der Waals surface area contributed by atoms with Crippen LogP contribution in [0.25, 0.3) is 0 Å². The number of ether oxygens (including phenoxy) is 3. The standard InChI is InChI=1S/C18H26N2O5/c1-18(2,16(21)19-11-13-6-5-9-25-13)17(22)20-12-7-8-14(23-3)15(10-12)24-4/h7-8,10,13H,5-6,9,11H2,1-4H3,(H,19,21)(H,20,22). The molecule has 1 atom stereocenters. The molecule has 1 unspecified atom stereocenters. The van der Waals surface area contributed by atoms with Gasteiger partial charge in [-0.2, -0.15) is 0 Å². The van der Waals surface area contributed by atoms with Gasteiger partial charge in [-0.05, 0) is 38.8 Å². The molecule has 0 spiro atoms. The molecule has 7 nitrogen and oxygen atoms in total. The normalized spacial score (nSPS) is 17.0. The number of amides is 2. The monoisotopic (exact) mass is 350 g/mol. The molecule has 0 aromatic heterocycles. The van der Waals surface area contributed by atoms with Crippen LogP contribution in [0.2, 0.25) is 0 Å². The number of nitrogens with one attached hydrogen (secondary N) is 2. The Morgan fingerprint density at radius 1 is 1.20 bits per heavy atom. The van der Waals surface area contributed by atoms with Crippen LogP contribution in [0, 0.1) is 5.41 Å². The Bertz CT molecular complexity index is 624. The Morgan fingerprint density at radius 3 is 2.52 bits per heavy atom. The number of carbonyl (C=O) groups excluding carboxylic acids is 2. The molecule has 1 aliphatic rings. The van der Waals surface area contributed by atoms with Crippen molar-refractivity contribution >= 4 is 17.5 Å². The number of hydrogen-bond acceptors (Lipinski definition) is 5. The van der Waals surface area contributed by atoms with E-state index in [-0.39, 0.29) is 12.0 Å². The maximum atomic E-state index is 12.6. The summed E-state index contributed by atoms with van der Waals surface area (Å²) in [6.07, 6.45) is 1.97. The van der Waals surface area contributed by atoms with E-state index in [2.05, 4.69) is 10.6 Å². The summed E-state index contributed by atoms with van der Waals surface area (Å²) >= 11 is 0. The van der Waals surface area contributed by atoms with Gasteiger partial charge in [-0.15, -0.1) is 0 Å². The molecule has 1 saturated heterocycles. The Hall–Kier alpha value is -2.28. The minimum atomic E-state index is -1.22. The summed E-state index contributed by atoms with van der Waals surface area (Å²) in [5, 5.41) is 5.55. The number of carbonyl (C=O) groups is 2. The first-order chi connectivity index (χ1) is 11.9. The van der Waals surface area contributed by atoms with E-state index in [1.165, 1.54) is 14.2 Å². The maximum absolute atomic E-state index is 12.6. The average Bonchev–Trinajstić information content (AvgIpc) is 3.12. The zero-order valence-corrected chi connectivity index (χ0v) is 15.2. The Balaban J connectivity index is 1.98. The van der Waals surface area contributed by atoms with Gasteiger partial charge in [-0.3, -0.25) is 9.59 Å². The number of methoxy groups -OCH3 is 2. The van der Waals surface area contributed by atoms with Gasteiger partial charge in [-0.25, -0.2) is 0 Å². The van der Waals surface area contributed by atoms with E-state index in [1.54, 1.807) is 32.0 Å². The van der Waals surface area contributed by atoms with E-state index in [9.17, 15) is 9.59 Å². The molecule has 1 aliphatic heterocycles. The van der Waals surface area contributed by atoms with Crippen molar-refractivity contribution in [2.24, 2.45) is 5.41 Å². The largest absolute Gasteiger partial charge is 0.493 e. The predicted octanol–water partition coefficient (Wildman–Crippen LogP) is 1.96. The van der Waals surface area contributed by atoms with Crippen molar-refractivity contribution in [2.45, 2.75) is 32.8 Å². The second-order valence-corrected chi connectivity index (χ2v) is 6.49. The van der Waals surface area contributed by atoms with E-state index in [0.29, 0.717) is 23.7 Å². The van der Waals surface area contributed by atoms with Crippen molar-refractivity contribution in [1.29, 1.82) is 0 Å². The molecule has 2 amide bonds. The molecule has 1 fully saturated rings. The second-order valence-electron chi connectivity index (χ2n) is 6.49. The van der Waals surface area contributed by atoms with Crippen molar-refractivity contribution in [3.8, 4) is 11.5 Å². The summed E-state index contributed by atoms with van der Waals surface area (Å²) in [6, 6.07) is 5.04. The van der Waals surface area contributed by atoms with Gasteiger partial charge in [0, 0.05) is 24.9 Å². The van der Waals surface area contributed by atoms with Gasteiger partial charge in [0.15, 0.2) is 11.5 Å². The van der Waals surface area contributed by atoms with Crippen LogP contribution in [-0.4, -0.2) is 45.3 Å². The fraction of sp³-hybridized carbons (Fsp3) is 0.556. The molecule has 1 aromatic rings. The molecule has 0 bridgehead atoms. The van der Waals surface area contributed by atoms with Crippen LogP contribution < -0.4 is 20.1 Å². The van der Waals surface area contributed by atoms with Crippen LogP contribution >= 0.6 is 0 Å². The zero-order chi connectivity index (χ0) is 18.4. The third kappa shape index (κ3) is 4.63. The van der Waals surface area contributed by atoms with E-state index >= 15 is 0 Å². The van der Waals surface area contributed by atoms with Crippen molar-refractivity contribution < 1.29 is 23.8 Å². The quantitative estimate of drug-likeness (QED) is 0.734. The topological polar surface area (TPSA) is 85.9 Å². The summed E-state index contributed by atoms with van der Waals surface area (Å²) in [5.74, 6) is 0.334. The van der Waals surface area contributed by atoms with Gasteiger partial charge in [0.2, 0.25) is 11.8 Å². The lowest BCUT2D eigenvalue weighted by atomic mass is 9.90. The molecule has 0 aliphatic carbocycles. The maximum Gasteiger partial charge on any atom is 0.239 e. The minimum absolute atomic E-state index is 0.0358. The van der Waals surface area contributed by atoms with E-state index in [0.717, 1.165) is 19.4 Å². The Labute approximate surface area is 148 Å². The van der Waals surface area contributed by atoms with E-state index < -0.39 is 11.3 Å². The van der Waals surface area contributed by atoms with Gasteiger partial charge in [-0.1, -0.05) is 0 Å². The van der Waals surface area contributed by atoms with Crippen molar-refractivity contribution in [3.63, 3.8) is 0 Å². The first-order valence-corrected chi connectivity index (χ1v) is 8.32. The van der Waals surface area contributed by atoms with Gasteiger partial charge in [0.25, 0.3) is 0 Å². The van der Waals surface area contributed by atoms with Crippen LogP contribution in [0.1, 0.15) is 26.7 Å². The molecular weight excluding hydrogens is 324 g/mol. The number of anilines is 1. The molecule has 1 aromatic carbocycles. The fourth-order valence-corrected chi connectivity index (χ4v) is 2.54. The highest BCUT2D eigenvalue weighted by molar-refractivity contribution is 6.09. The Morgan fingerprint density at radius 2 is 1.92 bits per heavy atom. The van der Waals surface area contributed by atoms with Gasteiger partial charge < -0.3 is 24.8 Å². The van der Waals surface area contributed by atoms with Crippen LogP contribution in [0.4, 0.5) is 5.69 Å². The highest BCUT2D eigenvalue weighted by Gasteiger charge is 2.36. The average molecular weight is 350 g/mol. The number of rotatable bonds is 7. The number of hydrogen-bond donors (Lipinski definition) is 2. The number of benzene rings is 1. The summed E-state index contributed by atoms with van der Waals surface area (Å²) in [6.45, 7) is 4.33. The lowest BCUT2D eigenvalue weighted by Gasteiger charge is -2.24. The zero-order valence-electron chi connectivity index (χ0n) is 15.2. The highest BCUT2D eigenvalue weighted by atomic mass is 16.5. The van der Waals surface area contributed by atoms with Crippen LogP contribution in [0.3, 0.4) is 0 Å².